The predicted molar refractivity (Wildman–Crippen MR) is 50.2 cm³/mol. The Balaban J connectivity index is 2.86. The fraction of sp³-hybridized carbons (Fsp3) is 0.667. The molecule has 0 aliphatic carbocycles. The summed E-state index contributed by atoms with van der Waals surface area (Å²) in [5.74, 6) is -3.07. The number of rotatable bonds is 4. The van der Waals surface area contributed by atoms with Gasteiger partial charge in [0.15, 0.2) is 5.82 Å². The number of hydrogen-bond donors (Lipinski definition) is 1. The maximum atomic E-state index is 12.9. The van der Waals surface area contributed by atoms with E-state index in [4.69, 9.17) is 5.73 Å². The number of halogens is 2. The molecule has 3 nitrogen and oxygen atoms in total. The number of hydrogen-bond acceptors (Lipinski definition) is 2. The Morgan fingerprint density at radius 2 is 2.21 bits per heavy atom. The highest BCUT2D eigenvalue weighted by molar-refractivity contribution is 5.08. The third kappa shape index (κ3) is 2.29. The molecule has 0 atom stereocenters. The topological polar surface area (TPSA) is 43.8 Å². The minimum Gasteiger partial charge on any atom is -0.330 e. The quantitative estimate of drug-likeness (QED) is 0.804. The minimum absolute atomic E-state index is 0.190. The molecular formula is C9H15F2N3. The summed E-state index contributed by atoms with van der Waals surface area (Å²) in [6, 6.07) is 0. The molecule has 0 saturated carbocycles. The largest absolute Gasteiger partial charge is 0.330 e. The molecule has 80 valence electrons. The van der Waals surface area contributed by atoms with E-state index in [0.29, 0.717) is 13.0 Å². The molecule has 0 saturated heterocycles. The van der Waals surface area contributed by atoms with Gasteiger partial charge in [0, 0.05) is 25.9 Å². The van der Waals surface area contributed by atoms with Gasteiger partial charge in [-0.25, -0.2) is 4.98 Å². The third-order valence-electron chi connectivity index (χ3n) is 2.11. The van der Waals surface area contributed by atoms with Crippen LogP contribution in [0.5, 0.6) is 0 Å². The molecule has 0 spiro atoms. The molecule has 0 unspecified atom stereocenters. The third-order valence-corrected chi connectivity index (χ3v) is 2.11. The van der Waals surface area contributed by atoms with Crippen molar-refractivity contribution in [3.05, 3.63) is 17.7 Å². The molecule has 1 heterocycles. The number of alkyl halides is 2. The fourth-order valence-electron chi connectivity index (χ4n) is 1.37. The first-order valence-electron chi connectivity index (χ1n) is 4.55. The van der Waals surface area contributed by atoms with Crippen LogP contribution in [-0.2, 0) is 19.4 Å². The Kier molecular flexibility index (Phi) is 3.21. The molecule has 1 rings (SSSR count). The summed E-state index contributed by atoms with van der Waals surface area (Å²) < 4.78 is 27.3. The zero-order valence-electron chi connectivity index (χ0n) is 8.43. The van der Waals surface area contributed by atoms with Crippen molar-refractivity contribution in [1.82, 2.24) is 9.55 Å². The van der Waals surface area contributed by atoms with Gasteiger partial charge in [-0.15, -0.1) is 0 Å². The normalized spacial score (nSPS) is 12.1. The van der Waals surface area contributed by atoms with E-state index < -0.39 is 5.92 Å². The van der Waals surface area contributed by atoms with E-state index >= 15 is 0 Å². The van der Waals surface area contributed by atoms with Gasteiger partial charge >= 0.3 is 5.92 Å². The first kappa shape index (κ1) is 11.1. The van der Waals surface area contributed by atoms with Crippen LogP contribution in [0.4, 0.5) is 8.78 Å². The summed E-state index contributed by atoms with van der Waals surface area (Å²) in [6.07, 6.45) is 2.97. The number of nitrogens with two attached hydrogens (primary N) is 1. The predicted octanol–water partition coefficient (Wildman–Crippen LogP) is 1.42. The Labute approximate surface area is 81.9 Å². The lowest BCUT2D eigenvalue weighted by atomic mass is 10.2. The Hall–Kier alpha value is -0.970. The summed E-state index contributed by atoms with van der Waals surface area (Å²) in [6.45, 7) is 1.41. The van der Waals surface area contributed by atoms with Crippen molar-refractivity contribution in [3.8, 4) is 0 Å². The van der Waals surface area contributed by atoms with Crippen LogP contribution in [0.1, 0.15) is 24.9 Å². The molecule has 0 aromatic carbocycles. The molecule has 0 bridgehead atoms. The summed E-state index contributed by atoms with van der Waals surface area (Å²) >= 11 is 0. The highest BCUT2D eigenvalue weighted by Crippen LogP contribution is 2.25. The van der Waals surface area contributed by atoms with Gasteiger partial charge in [-0.3, -0.25) is 0 Å². The van der Waals surface area contributed by atoms with Crippen LogP contribution in [0.3, 0.4) is 0 Å². The summed E-state index contributed by atoms with van der Waals surface area (Å²) in [4.78, 5) is 3.71. The van der Waals surface area contributed by atoms with Gasteiger partial charge in [0.05, 0.1) is 0 Å². The van der Waals surface area contributed by atoms with Crippen LogP contribution < -0.4 is 5.73 Å². The van der Waals surface area contributed by atoms with E-state index in [1.54, 1.807) is 7.05 Å². The smallest absolute Gasteiger partial charge is 0.302 e. The van der Waals surface area contributed by atoms with Crippen molar-refractivity contribution in [2.45, 2.75) is 25.7 Å². The number of imidazole rings is 1. The summed E-state index contributed by atoms with van der Waals surface area (Å²) in [7, 11) is 1.60. The zero-order valence-corrected chi connectivity index (χ0v) is 8.43. The van der Waals surface area contributed by atoms with Crippen molar-refractivity contribution in [1.29, 1.82) is 0 Å². The Morgan fingerprint density at radius 3 is 2.64 bits per heavy atom. The minimum atomic E-state index is -2.88. The van der Waals surface area contributed by atoms with Crippen molar-refractivity contribution in [2.75, 3.05) is 6.54 Å². The van der Waals surface area contributed by atoms with Gasteiger partial charge in [-0.2, -0.15) is 8.78 Å². The SMILES string of the molecule is Cn1c(CCCN)cnc1C(C)(F)F. The van der Waals surface area contributed by atoms with Gasteiger partial charge in [0.1, 0.15) is 0 Å². The second-order valence-corrected chi connectivity index (χ2v) is 3.41. The monoisotopic (exact) mass is 203 g/mol. The molecule has 1 aromatic heterocycles. The molecular weight excluding hydrogens is 188 g/mol. The number of aryl methyl sites for hydroxylation is 1. The maximum absolute atomic E-state index is 12.9. The van der Waals surface area contributed by atoms with Crippen molar-refractivity contribution >= 4 is 0 Å². The van der Waals surface area contributed by atoms with Gasteiger partial charge in [-0.05, 0) is 19.4 Å². The lowest BCUT2D eigenvalue weighted by Crippen LogP contribution is -2.15. The summed E-state index contributed by atoms with van der Waals surface area (Å²) in [5, 5.41) is 0. The highest BCUT2D eigenvalue weighted by Gasteiger charge is 2.30. The second-order valence-electron chi connectivity index (χ2n) is 3.41. The van der Waals surface area contributed by atoms with Crippen LogP contribution >= 0.6 is 0 Å². The highest BCUT2D eigenvalue weighted by atomic mass is 19.3. The van der Waals surface area contributed by atoms with Crippen LogP contribution in [0.2, 0.25) is 0 Å². The fourth-order valence-corrected chi connectivity index (χ4v) is 1.37. The molecule has 0 aliphatic rings. The van der Waals surface area contributed by atoms with Gasteiger partial charge in [0.25, 0.3) is 0 Å². The van der Waals surface area contributed by atoms with Crippen molar-refractivity contribution in [2.24, 2.45) is 12.8 Å². The van der Waals surface area contributed by atoms with Gasteiger partial charge in [-0.1, -0.05) is 0 Å². The van der Waals surface area contributed by atoms with E-state index in [1.807, 2.05) is 0 Å². The van der Waals surface area contributed by atoms with E-state index in [9.17, 15) is 8.78 Å². The molecule has 5 heteroatoms. The first-order chi connectivity index (χ1) is 6.46. The first-order valence-corrected chi connectivity index (χ1v) is 4.55. The molecule has 1 aromatic rings. The molecule has 0 amide bonds. The average molecular weight is 203 g/mol. The van der Waals surface area contributed by atoms with E-state index in [2.05, 4.69) is 4.98 Å². The Morgan fingerprint density at radius 1 is 1.57 bits per heavy atom. The van der Waals surface area contributed by atoms with E-state index in [1.165, 1.54) is 10.8 Å². The maximum Gasteiger partial charge on any atom is 0.302 e. The molecule has 14 heavy (non-hydrogen) atoms. The standard InChI is InChI=1S/C9H15F2N3/c1-9(10,11)8-13-6-7(14(8)2)4-3-5-12/h6H,3-5,12H2,1-2H3. The molecule has 0 fully saturated rings. The van der Waals surface area contributed by atoms with Crippen LogP contribution in [0.25, 0.3) is 0 Å². The van der Waals surface area contributed by atoms with E-state index in [0.717, 1.165) is 19.0 Å². The van der Waals surface area contributed by atoms with Crippen molar-refractivity contribution < 1.29 is 8.78 Å². The zero-order chi connectivity index (χ0) is 10.8. The molecule has 0 radical (unpaired) electrons. The van der Waals surface area contributed by atoms with E-state index in [-0.39, 0.29) is 5.82 Å². The number of nitrogens with zero attached hydrogens (tertiary/aromatic N) is 2. The summed E-state index contributed by atoms with van der Waals surface area (Å²) in [5.41, 5.74) is 6.14. The van der Waals surface area contributed by atoms with Crippen molar-refractivity contribution in [3.63, 3.8) is 0 Å². The van der Waals surface area contributed by atoms with Crippen LogP contribution in [0.15, 0.2) is 6.20 Å². The second kappa shape index (κ2) is 4.04. The number of aromatic nitrogens is 2. The molecule has 0 aliphatic heterocycles. The molecule has 2 N–H and O–H groups in total. The Bertz CT molecular complexity index is 301. The lowest BCUT2D eigenvalue weighted by Gasteiger charge is -2.11. The van der Waals surface area contributed by atoms with Gasteiger partial charge < -0.3 is 10.3 Å². The van der Waals surface area contributed by atoms with Crippen LogP contribution in [-0.4, -0.2) is 16.1 Å². The van der Waals surface area contributed by atoms with Crippen LogP contribution in [0, 0.1) is 0 Å². The average Bonchev–Trinajstić information content (AvgIpc) is 2.42. The van der Waals surface area contributed by atoms with Gasteiger partial charge in [0.2, 0.25) is 0 Å². The lowest BCUT2D eigenvalue weighted by molar-refractivity contribution is 0.00484.